The number of rotatable bonds is 6. The Balaban J connectivity index is 1.66. The number of fused-ring (bicyclic) bond motifs is 1. The van der Waals surface area contributed by atoms with Gasteiger partial charge in [-0.05, 0) is 36.6 Å². The van der Waals surface area contributed by atoms with Crippen molar-refractivity contribution >= 4 is 22.7 Å². The van der Waals surface area contributed by atoms with E-state index in [0.29, 0.717) is 11.9 Å². The predicted octanol–water partition coefficient (Wildman–Crippen LogP) is 5.09. The molecule has 3 nitrogen and oxygen atoms in total. The summed E-state index contributed by atoms with van der Waals surface area (Å²) in [4.78, 5) is 18.0. The Kier molecular flexibility index (Phi) is 5.58. The van der Waals surface area contributed by atoms with Gasteiger partial charge in [-0.2, -0.15) is 0 Å². The van der Waals surface area contributed by atoms with Crippen LogP contribution in [0, 0.1) is 6.92 Å². The minimum atomic E-state index is 0.0217. The topological polar surface area (TPSA) is 34.9 Å². The van der Waals surface area contributed by atoms with Gasteiger partial charge in [0, 0.05) is 5.75 Å². The standard InChI is InChI=1S/C24H22N2OS/c1-18-11-13-20(14-12-18)17-26-23(27)21-9-5-6-10-22(21)25-24(26)28-16-15-19-7-3-2-4-8-19/h2-14H,15-17H2,1H3. The van der Waals surface area contributed by atoms with E-state index < -0.39 is 0 Å². The number of hydrogen-bond donors (Lipinski definition) is 0. The SMILES string of the molecule is Cc1ccc(Cn2c(SCCc3ccccc3)nc3ccccc3c2=O)cc1. The molecule has 3 aromatic carbocycles. The monoisotopic (exact) mass is 386 g/mol. The van der Waals surface area contributed by atoms with Crippen LogP contribution in [0.5, 0.6) is 0 Å². The molecule has 0 saturated carbocycles. The summed E-state index contributed by atoms with van der Waals surface area (Å²) in [6.45, 7) is 2.60. The minimum Gasteiger partial charge on any atom is -0.283 e. The summed E-state index contributed by atoms with van der Waals surface area (Å²) < 4.78 is 1.81. The summed E-state index contributed by atoms with van der Waals surface area (Å²) in [5.74, 6) is 0.878. The molecule has 0 aliphatic rings. The van der Waals surface area contributed by atoms with Crippen molar-refractivity contribution in [3.8, 4) is 0 Å². The molecule has 0 radical (unpaired) electrons. The fourth-order valence-corrected chi connectivity index (χ4v) is 4.16. The van der Waals surface area contributed by atoms with Gasteiger partial charge in [-0.3, -0.25) is 9.36 Å². The van der Waals surface area contributed by atoms with Crippen molar-refractivity contribution in [3.05, 3.63) is 106 Å². The first-order valence-electron chi connectivity index (χ1n) is 9.42. The van der Waals surface area contributed by atoms with E-state index in [2.05, 4.69) is 55.5 Å². The van der Waals surface area contributed by atoms with Gasteiger partial charge in [0.2, 0.25) is 0 Å². The molecule has 0 amide bonds. The molecule has 140 valence electrons. The third-order valence-corrected chi connectivity index (χ3v) is 5.73. The van der Waals surface area contributed by atoms with Crippen molar-refractivity contribution in [3.63, 3.8) is 0 Å². The van der Waals surface area contributed by atoms with E-state index in [0.717, 1.165) is 28.4 Å². The van der Waals surface area contributed by atoms with Gasteiger partial charge >= 0.3 is 0 Å². The number of para-hydroxylation sites is 1. The third-order valence-electron chi connectivity index (χ3n) is 4.75. The molecule has 4 aromatic rings. The lowest BCUT2D eigenvalue weighted by Gasteiger charge is -2.13. The Morgan fingerprint density at radius 1 is 0.857 bits per heavy atom. The molecule has 28 heavy (non-hydrogen) atoms. The van der Waals surface area contributed by atoms with Crippen molar-refractivity contribution in [2.75, 3.05) is 5.75 Å². The van der Waals surface area contributed by atoms with Crippen LogP contribution in [0.25, 0.3) is 10.9 Å². The van der Waals surface area contributed by atoms with E-state index in [9.17, 15) is 4.79 Å². The molecule has 0 saturated heterocycles. The van der Waals surface area contributed by atoms with Crippen molar-refractivity contribution in [1.29, 1.82) is 0 Å². The minimum absolute atomic E-state index is 0.0217. The lowest BCUT2D eigenvalue weighted by Crippen LogP contribution is -2.24. The summed E-state index contributed by atoms with van der Waals surface area (Å²) >= 11 is 1.65. The fourth-order valence-electron chi connectivity index (χ4n) is 3.18. The van der Waals surface area contributed by atoms with E-state index in [1.807, 2.05) is 34.9 Å². The summed E-state index contributed by atoms with van der Waals surface area (Å²) in [5.41, 5.74) is 4.39. The second-order valence-electron chi connectivity index (χ2n) is 6.87. The van der Waals surface area contributed by atoms with Crippen LogP contribution in [0.15, 0.2) is 88.8 Å². The maximum absolute atomic E-state index is 13.2. The summed E-state index contributed by atoms with van der Waals surface area (Å²) in [5, 5.41) is 1.45. The molecule has 1 heterocycles. The molecule has 1 aromatic heterocycles. The number of aromatic nitrogens is 2. The zero-order valence-corrected chi connectivity index (χ0v) is 16.7. The Morgan fingerprint density at radius 3 is 2.36 bits per heavy atom. The number of nitrogens with zero attached hydrogens (tertiary/aromatic N) is 2. The molecule has 0 unspecified atom stereocenters. The Hall–Kier alpha value is -2.85. The van der Waals surface area contributed by atoms with Gasteiger partial charge in [0.1, 0.15) is 0 Å². The third kappa shape index (κ3) is 4.18. The fraction of sp³-hybridized carbons (Fsp3) is 0.167. The summed E-state index contributed by atoms with van der Waals surface area (Å²) in [7, 11) is 0. The smallest absolute Gasteiger partial charge is 0.262 e. The van der Waals surface area contributed by atoms with Crippen molar-refractivity contribution < 1.29 is 0 Å². The molecule has 0 N–H and O–H groups in total. The van der Waals surface area contributed by atoms with Gasteiger partial charge in [-0.1, -0.05) is 84.1 Å². The van der Waals surface area contributed by atoms with E-state index in [4.69, 9.17) is 4.98 Å². The second-order valence-corrected chi connectivity index (χ2v) is 7.93. The Bertz CT molecular complexity index is 1130. The first-order valence-corrected chi connectivity index (χ1v) is 10.4. The maximum atomic E-state index is 13.2. The lowest BCUT2D eigenvalue weighted by atomic mass is 10.1. The quantitative estimate of drug-likeness (QED) is 0.342. The molecule has 0 aliphatic heterocycles. The highest BCUT2D eigenvalue weighted by molar-refractivity contribution is 7.99. The zero-order chi connectivity index (χ0) is 19.3. The molecule has 0 fully saturated rings. The van der Waals surface area contributed by atoms with Crippen LogP contribution in [0.3, 0.4) is 0 Å². The molecular formula is C24H22N2OS. The van der Waals surface area contributed by atoms with Crippen molar-refractivity contribution in [2.45, 2.75) is 25.0 Å². The maximum Gasteiger partial charge on any atom is 0.262 e. The van der Waals surface area contributed by atoms with Crippen LogP contribution < -0.4 is 5.56 Å². The molecule has 4 heteroatoms. The molecular weight excluding hydrogens is 364 g/mol. The average molecular weight is 387 g/mol. The molecule has 0 atom stereocenters. The van der Waals surface area contributed by atoms with Gasteiger partial charge in [0.15, 0.2) is 5.16 Å². The Labute approximate surface area is 169 Å². The molecule has 0 aliphatic carbocycles. The van der Waals surface area contributed by atoms with Crippen LogP contribution in [0.2, 0.25) is 0 Å². The predicted molar refractivity (Wildman–Crippen MR) is 117 cm³/mol. The van der Waals surface area contributed by atoms with Crippen LogP contribution in [0.4, 0.5) is 0 Å². The Morgan fingerprint density at radius 2 is 1.57 bits per heavy atom. The highest BCUT2D eigenvalue weighted by atomic mass is 32.2. The molecule has 0 spiro atoms. The van der Waals surface area contributed by atoms with Crippen molar-refractivity contribution in [1.82, 2.24) is 9.55 Å². The van der Waals surface area contributed by atoms with Crippen LogP contribution in [-0.2, 0) is 13.0 Å². The van der Waals surface area contributed by atoms with E-state index in [-0.39, 0.29) is 5.56 Å². The van der Waals surface area contributed by atoms with Gasteiger partial charge in [-0.25, -0.2) is 4.98 Å². The largest absolute Gasteiger partial charge is 0.283 e. The van der Waals surface area contributed by atoms with Gasteiger partial charge in [-0.15, -0.1) is 0 Å². The van der Waals surface area contributed by atoms with Crippen molar-refractivity contribution in [2.24, 2.45) is 0 Å². The number of benzene rings is 3. The highest BCUT2D eigenvalue weighted by Gasteiger charge is 2.12. The summed E-state index contributed by atoms with van der Waals surface area (Å²) in [6.07, 6.45) is 0.943. The molecule has 0 bridgehead atoms. The van der Waals surface area contributed by atoms with Crippen LogP contribution in [-0.4, -0.2) is 15.3 Å². The summed E-state index contributed by atoms with van der Waals surface area (Å²) in [6, 6.07) is 26.3. The van der Waals surface area contributed by atoms with Gasteiger partial charge in [0.25, 0.3) is 5.56 Å². The second kappa shape index (κ2) is 8.44. The highest BCUT2D eigenvalue weighted by Crippen LogP contribution is 2.20. The number of hydrogen-bond acceptors (Lipinski definition) is 3. The van der Waals surface area contributed by atoms with Gasteiger partial charge < -0.3 is 0 Å². The number of aryl methyl sites for hydroxylation is 2. The zero-order valence-electron chi connectivity index (χ0n) is 15.8. The molecule has 4 rings (SSSR count). The first kappa shape index (κ1) is 18.5. The normalized spacial score (nSPS) is 11.0. The first-order chi connectivity index (χ1) is 13.7. The average Bonchev–Trinajstić information content (AvgIpc) is 2.73. The lowest BCUT2D eigenvalue weighted by molar-refractivity contribution is 0.658. The number of thioether (sulfide) groups is 1. The van der Waals surface area contributed by atoms with Crippen LogP contribution >= 0.6 is 11.8 Å². The van der Waals surface area contributed by atoms with Gasteiger partial charge in [0.05, 0.1) is 17.4 Å². The van der Waals surface area contributed by atoms with Crippen LogP contribution in [0.1, 0.15) is 16.7 Å². The van der Waals surface area contributed by atoms with E-state index >= 15 is 0 Å². The van der Waals surface area contributed by atoms with E-state index in [1.165, 1.54) is 11.1 Å². The van der Waals surface area contributed by atoms with E-state index in [1.54, 1.807) is 11.8 Å².